The first-order valence-electron chi connectivity index (χ1n) is 13.4. The molecular formula is C31H37N3O4. The summed E-state index contributed by atoms with van der Waals surface area (Å²) in [6.07, 6.45) is 5.83. The lowest BCUT2D eigenvalue weighted by Crippen LogP contribution is -2.29. The Hall–Kier alpha value is -4.00. The molecule has 0 bridgehead atoms. The van der Waals surface area contributed by atoms with Crippen LogP contribution in [0.1, 0.15) is 37.9 Å². The predicted octanol–water partition coefficient (Wildman–Crippen LogP) is 5.81. The molecule has 200 valence electrons. The van der Waals surface area contributed by atoms with Crippen LogP contribution in [-0.2, 0) is 17.8 Å². The zero-order valence-electron chi connectivity index (χ0n) is 22.1. The summed E-state index contributed by atoms with van der Waals surface area (Å²) < 4.78 is 19.1. The zero-order chi connectivity index (χ0) is 26.4. The molecule has 4 aromatic rings. The minimum Gasteiger partial charge on any atom is -0.493 e. The normalized spacial score (nSPS) is 10.9. The first-order chi connectivity index (χ1) is 18.7. The second-order valence-electron chi connectivity index (χ2n) is 9.14. The van der Waals surface area contributed by atoms with Crippen molar-refractivity contribution >= 4 is 16.9 Å². The molecule has 0 unspecified atom stereocenters. The number of nitrogens with one attached hydrogen (secondary N) is 1. The summed E-state index contributed by atoms with van der Waals surface area (Å²) in [5.74, 6) is 3.27. The highest BCUT2D eigenvalue weighted by molar-refractivity contribution is 5.77. The number of benzene rings is 3. The Morgan fingerprint density at radius 1 is 0.816 bits per heavy atom. The summed E-state index contributed by atoms with van der Waals surface area (Å²) in [6, 6.07) is 25.4. The van der Waals surface area contributed by atoms with Gasteiger partial charge in [-0.3, -0.25) is 4.79 Å². The number of fused-ring (bicyclic) bond motifs is 1. The molecule has 3 aromatic carbocycles. The van der Waals surface area contributed by atoms with E-state index in [2.05, 4.69) is 28.1 Å². The highest BCUT2D eigenvalue weighted by atomic mass is 16.5. The molecule has 7 heteroatoms. The smallest absolute Gasteiger partial charge is 0.257 e. The number of amides is 1. The van der Waals surface area contributed by atoms with Gasteiger partial charge < -0.3 is 24.1 Å². The highest BCUT2D eigenvalue weighted by Crippen LogP contribution is 2.26. The van der Waals surface area contributed by atoms with Gasteiger partial charge in [0, 0.05) is 19.5 Å². The van der Waals surface area contributed by atoms with Gasteiger partial charge in [-0.25, -0.2) is 4.98 Å². The molecule has 0 spiro atoms. The van der Waals surface area contributed by atoms with Gasteiger partial charge in [-0.05, 0) is 62.1 Å². The van der Waals surface area contributed by atoms with Crippen LogP contribution >= 0.6 is 0 Å². The van der Waals surface area contributed by atoms with E-state index in [0.717, 1.165) is 67.9 Å². The highest BCUT2D eigenvalue weighted by Gasteiger charge is 2.10. The van der Waals surface area contributed by atoms with E-state index in [0.29, 0.717) is 18.9 Å². The third-order valence-corrected chi connectivity index (χ3v) is 6.35. The number of nitrogens with zero attached hydrogens (tertiary/aromatic N) is 2. The van der Waals surface area contributed by atoms with E-state index >= 15 is 0 Å². The SMILES string of the molecule is COc1ccccc1OCCCCn1c(CCCCCNC(=O)COc2ccccc2)nc2ccccc21. The lowest BCUT2D eigenvalue weighted by atomic mass is 10.2. The average molecular weight is 516 g/mol. The van der Waals surface area contributed by atoms with Gasteiger partial charge in [0.1, 0.15) is 11.6 Å². The molecule has 0 aliphatic heterocycles. The summed E-state index contributed by atoms with van der Waals surface area (Å²) in [5.41, 5.74) is 2.22. The molecule has 0 saturated heterocycles. The number of carbonyl (C=O) groups is 1. The molecule has 0 saturated carbocycles. The van der Waals surface area contributed by atoms with E-state index in [9.17, 15) is 4.79 Å². The van der Waals surface area contributed by atoms with Gasteiger partial charge >= 0.3 is 0 Å². The van der Waals surface area contributed by atoms with Gasteiger partial charge in [-0.15, -0.1) is 0 Å². The number of rotatable bonds is 16. The van der Waals surface area contributed by atoms with Crippen LogP contribution in [0, 0.1) is 0 Å². The summed E-state index contributed by atoms with van der Waals surface area (Å²) in [6.45, 7) is 2.24. The second-order valence-corrected chi connectivity index (χ2v) is 9.14. The third-order valence-electron chi connectivity index (χ3n) is 6.35. The summed E-state index contributed by atoms with van der Waals surface area (Å²) in [4.78, 5) is 16.9. The molecule has 0 radical (unpaired) electrons. The van der Waals surface area contributed by atoms with Crippen LogP contribution in [0.2, 0.25) is 0 Å². The Balaban J connectivity index is 1.18. The van der Waals surface area contributed by atoms with Crippen molar-refractivity contribution in [3.63, 3.8) is 0 Å². The van der Waals surface area contributed by atoms with Crippen molar-refractivity contribution in [1.82, 2.24) is 14.9 Å². The topological polar surface area (TPSA) is 74.6 Å². The van der Waals surface area contributed by atoms with Gasteiger partial charge in [0.15, 0.2) is 18.1 Å². The Labute approximate surface area is 224 Å². The first kappa shape index (κ1) is 27.0. The van der Waals surface area contributed by atoms with Gasteiger partial charge in [0.05, 0.1) is 24.8 Å². The number of imidazole rings is 1. The molecule has 38 heavy (non-hydrogen) atoms. The maximum absolute atomic E-state index is 12.0. The monoisotopic (exact) mass is 515 g/mol. The first-order valence-corrected chi connectivity index (χ1v) is 13.4. The van der Waals surface area contributed by atoms with E-state index in [1.807, 2.05) is 60.7 Å². The fourth-order valence-electron chi connectivity index (χ4n) is 4.39. The largest absolute Gasteiger partial charge is 0.493 e. The number of ether oxygens (including phenoxy) is 3. The van der Waals surface area contributed by atoms with Crippen LogP contribution in [0.25, 0.3) is 11.0 Å². The van der Waals surface area contributed by atoms with E-state index in [1.54, 1.807) is 7.11 Å². The van der Waals surface area contributed by atoms with E-state index in [-0.39, 0.29) is 12.5 Å². The van der Waals surface area contributed by atoms with Crippen molar-refractivity contribution < 1.29 is 19.0 Å². The lowest BCUT2D eigenvalue weighted by Gasteiger charge is -2.12. The fourth-order valence-corrected chi connectivity index (χ4v) is 4.39. The number of carbonyl (C=O) groups excluding carboxylic acids is 1. The molecule has 1 N–H and O–H groups in total. The molecule has 0 aliphatic carbocycles. The Morgan fingerprint density at radius 2 is 1.58 bits per heavy atom. The number of aryl methyl sites for hydroxylation is 2. The van der Waals surface area contributed by atoms with Crippen molar-refractivity contribution in [3.05, 3.63) is 84.7 Å². The van der Waals surface area contributed by atoms with Crippen molar-refractivity contribution in [2.45, 2.75) is 45.1 Å². The molecule has 1 amide bonds. The van der Waals surface area contributed by atoms with Gasteiger partial charge in [-0.2, -0.15) is 0 Å². The number of hydrogen-bond acceptors (Lipinski definition) is 5. The molecule has 4 rings (SSSR count). The molecule has 0 atom stereocenters. The van der Waals surface area contributed by atoms with Crippen molar-refractivity contribution in [2.75, 3.05) is 26.9 Å². The number of methoxy groups -OCH3 is 1. The Kier molecular flexibility index (Phi) is 10.4. The second kappa shape index (κ2) is 14.7. The predicted molar refractivity (Wildman–Crippen MR) is 150 cm³/mol. The standard InChI is InChI=1S/C31H37N3O4/c1-36-28-18-9-10-19-29(28)37-23-13-12-22-34-27-17-8-7-16-26(27)33-30(34)20-6-3-11-21-32-31(35)24-38-25-14-4-2-5-15-25/h2,4-5,7-10,14-19H,3,6,11-13,20-24H2,1H3,(H,32,35). The molecule has 0 fully saturated rings. The average Bonchev–Trinajstić information content (AvgIpc) is 3.31. The fraction of sp³-hybridized carbons (Fsp3) is 0.355. The summed E-state index contributed by atoms with van der Waals surface area (Å²) in [7, 11) is 1.66. The Morgan fingerprint density at radius 3 is 2.42 bits per heavy atom. The summed E-state index contributed by atoms with van der Waals surface area (Å²) in [5, 5.41) is 2.94. The van der Waals surface area contributed by atoms with Crippen molar-refractivity contribution in [1.29, 1.82) is 0 Å². The molecular weight excluding hydrogens is 478 g/mol. The Bertz CT molecular complexity index is 1270. The van der Waals surface area contributed by atoms with Crippen molar-refractivity contribution in [3.8, 4) is 17.2 Å². The number of hydrogen-bond donors (Lipinski definition) is 1. The number of para-hydroxylation sites is 5. The van der Waals surface area contributed by atoms with Crippen LogP contribution in [0.15, 0.2) is 78.9 Å². The van der Waals surface area contributed by atoms with E-state index < -0.39 is 0 Å². The minimum atomic E-state index is -0.0923. The lowest BCUT2D eigenvalue weighted by molar-refractivity contribution is -0.123. The molecule has 0 aliphatic rings. The summed E-state index contributed by atoms with van der Waals surface area (Å²) >= 11 is 0. The molecule has 1 heterocycles. The van der Waals surface area contributed by atoms with Crippen LogP contribution in [0.4, 0.5) is 0 Å². The van der Waals surface area contributed by atoms with Crippen LogP contribution in [0.3, 0.4) is 0 Å². The van der Waals surface area contributed by atoms with Crippen LogP contribution < -0.4 is 19.5 Å². The number of aromatic nitrogens is 2. The van der Waals surface area contributed by atoms with Gasteiger partial charge in [-0.1, -0.05) is 48.9 Å². The third kappa shape index (κ3) is 8.00. The maximum Gasteiger partial charge on any atom is 0.257 e. The van der Waals surface area contributed by atoms with Gasteiger partial charge in [0.2, 0.25) is 0 Å². The molecule has 1 aromatic heterocycles. The van der Waals surface area contributed by atoms with Gasteiger partial charge in [0.25, 0.3) is 5.91 Å². The van der Waals surface area contributed by atoms with Crippen LogP contribution in [-0.4, -0.2) is 42.3 Å². The quantitative estimate of drug-likeness (QED) is 0.191. The molecule has 7 nitrogen and oxygen atoms in total. The van der Waals surface area contributed by atoms with Crippen LogP contribution in [0.5, 0.6) is 17.2 Å². The van der Waals surface area contributed by atoms with E-state index in [1.165, 1.54) is 5.52 Å². The zero-order valence-corrected chi connectivity index (χ0v) is 22.1. The number of unbranched alkanes of at least 4 members (excludes halogenated alkanes) is 3. The van der Waals surface area contributed by atoms with E-state index in [4.69, 9.17) is 19.2 Å². The van der Waals surface area contributed by atoms with Crippen molar-refractivity contribution in [2.24, 2.45) is 0 Å². The minimum absolute atomic E-state index is 0.0397. The maximum atomic E-state index is 12.0.